The summed E-state index contributed by atoms with van der Waals surface area (Å²) < 4.78 is 19.5. The molecule has 10 nitrogen and oxygen atoms in total. The van der Waals surface area contributed by atoms with E-state index in [0.717, 1.165) is 16.6 Å². The molecule has 3 aromatic rings. The summed E-state index contributed by atoms with van der Waals surface area (Å²) in [5, 5.41) is 19.5. The highest BCUT2D eigenvalue weighted by atomic mass is 19.1. The molecule has 2 N–H and O–H groups in total. The Kier molecular flexibility index (Phi) is 6.64. The normalized spacial score (nSPS) is 17.6. The van der Waals surface area contributed by atoms with E-state index in [1.807, 2.05) is 50.5 Å². The van der Waals surface area contributed by atoms with Crippen LogP contribution in [-0.2, 0) is 17.6 Å². The van der Waals surface area contributed by atoms with E-state index >= 15 is 0 Å². The van der Waals surface area contributed by atoms with Gasteiger partial charge in [-0.25, -0.2) is 14.0 Å². The van der Waals surface area contributed by atoms with E-state index in [9.17, 15) is 19.1 Å². The molecule has 208 valence electrons. The number of aromatic amines is 1. The lowest BCUT2D eigenvalue weighted by Gasteiger charge is -2.48. The van der Waals surface area contributed by atoms with Gasteiger partial charge in [-0.05, 0) is 64.8 Å². The van der Waals surface area contributed by atoms with Gasteiger partial charge in [0.2, 0.25) is 0 Å². The zero-order valence-corrected chi connectivity index (χ0v) is 23.0. The van der Waals surface area contributed by atoms with Crippen molar-refractivity contribution >= 4 is 23.2 Å². The van der Waals surface area contributed by atoms with Crippen LogP contribution in [0.2, 0.25) is 0 Å². The molecule has 0 spiro atoms. The first kappa shape index (κ1) is 26.7. The summed E-state index contributed by atoms with van der Waals surface area (Å²) in [4.78, 5) is 35.0. The fraction of sp³-hybridized carbons (Fsp3) is 0.500. The number of carbonyl (C=O) groups is 2. The number of urea groups is 1. The smallest absolute Gasteiger partial charge is 0.410 e. The molecule has 3 amide bonds. The summed E-state index contributed by atoms with van der Waals surface area (Å²) in [6.07, 6.45) is 0.868. The molecular formula is C28H35FN6O4. The Bertz CT molecular complexity index is 1430. The number of H-pyrrole nitrogens is 1. The van der Waals surface area contributed by atoms with Crippen LogP contribution in [0.25, 0.3) is 22.3 Å². The first-order chi connectivity index (χ1) is 18.3. The average molecular weight is 539 g/mol. The average Bonchev–Trinajstić information content (AvgIpc) is 3.06. The SMILES string of the molecule is CC(C)(C)OC(=O)N1CCN(C(=O)N2CCc3[nH]c4nnc(-c5cccc(F)c5O)cc4c3CC2)C(C)(C)C1. The largest absolute Gasteiger partial charge is 0.504 e. The van der Waals surface area contributed by atoms with Crippen molar-refractivity contribution in [3.63, 3.8) is 0 Å². The van der Waals surface area contributed by atoms with Gasteiger partial charge in [0, 0.05) is 55.8 Å². The second kappa shape index (κ2) is 9.69. The minimum Gasteiger partial charge on any atom is -0.504 e. The first-order valence-electron chi connectivity index (χ1n) is 13.2. The van der Waals surface area contributed by atoms with Crippen molar-refractivity contribution < 1.29 is 23.8 Å². The number of rotatable bonds is 1. The predicted molar refractivity (Wildman–Crippen MR) is 144 cm³/mol. The predicted octanol–water partition coefficient (Wildman–Crippen LogP) is 4.32. The van der Waals surface area contributed by atoms with Crippen molar-refractivity contribution in [2.75, 3.05) is 32.7 Å². The molecule has 0 saturated carbocycles. The van der Waals surface area contributed by atoms with Crippen LogP contribution in [0.1, 0.15) is 45.9 Å². The van der Waals surface area contributed by atoms with Crippen LogP contribution in [0.3, 0.4) is 0 Å². The number of hydrogen-bond acceptors (Lipinski definition) is 6. The molecular weight excluding hydrogens is 503 g/mol. The van der Waals surface area contributed by atoms with Crippen LogP contribution in [-0.4, -0.2) is 91.0 Å². The van der Waals surface area contributed by atoms with Gasteiger partial charge >= 0.3 is 12.1 Å². The third-order valence-corrected chi connectivity index (χ3v) is 7.33. The number of ether oxygens (including phenoxy) is 1. The molecule has 2 aromatic heterocycles. The van der Waals surface area contributed by atoms with Crippen molar-refractivity contribution in [3.8, 4) is 17.0 Å². The monoisotopic (exact) mass is 538 g/mol. The summed E-state index contributed by atoms with van der Waals surface area (Å²) in [5.74, 6) is -1.18. The third-order valence-electron chi connectivity index (χ3n) is 7.33. The Morgan fingerprint density at radius 2 is 1.82 bits per heavy atom. The van der Waals surface area contributed by atoms with Crippen LogP contribution in [0, 0.1) is 5.82 Å². The number of piperazine rings is 1. The number of benzene rings is 1. The van der Waals surface area contributed by atoms with Gasteiger partial charge in [-0.2, -0.15) is 0 Å². The Morgan fingerprint density at radius 3 is 2.54 bits per heavy atom. The number of nitrogens with one attached hydrogen (secondary N) is 1. The minimum atomic E-state index is -0.716. The molecule has 2 aliphatic heterocycles. The van der Waals surface area contributed by atoms with Crippen molar-refractivity contribution in [3.05, 3.63) is 41.3 Å². The van der Waals surface area contributed by atoms with E-state index in [-0.39, 0.29) is 17.7 Å². The van der Waals surface area contributed by atoms with Gasteiger partial charge in [-0.1, -0.05) is 6.07 Å². The molecule has 1 fully saturated rings. The number of phenolic OH excluding ortho intramolecular Hbond substituents is 1. The zero-order valence-electron chi connectivity index (χ0n) is 23.0. The topological polar surface area (TPSA) is 115 Å². The molecule has 0 unspecified atom stereocenters. The lowest BCUT2D eigenvalue weighted by Crippen LogP contribution is -2.64. The third kappa shape index (κ3) is 5.22. The summed E-state index contributed by atoms with van der Waals surface area (Å²) >= 11 is 0. The standard InChI is InChI=1S/C28H35FN6O4/c1-27(2,3)39-26(38)34-13-14-35(28(4,5)16-34)25(37)33-11-9-17-19-15-22(18-7-6-8-20(29)23(18)36)31-32-24(19)30-21(17)10-12-33/h6-8,15,36H,9-14,16H2,1-5H3,(H,30,32). The fourth-order valence-corrected chi connectivity index (χ4v) is 5.41. The molecule has 11 heteroatoms. The number of aromatic hydroxyl groups is 1. The highest BCUT2D eigenvalue weighted by Crippen LogP contribution is 2.33. The van der Waals surface area contributed by atoms with Gasteiger partial charge in [0.25, 0.3) is 0 Å². The minimum absolute atomic E-state index is 0.0524. The van der Waals surface area contributed by atoms with Gasteiger partial charge in [-0.15, -0.1) is 10.2 Å². The second-order valence-corrected chi connectivity index (χ2v) is 11.8. The molecule has 39 heavy (non-hydrogen) atoms. The highest BCUT2D eigenvalue weighted by molar-refractivity contribution is 5.86. The van der Waals surface area contributed by atoms with Crippen LogP contribution in [0.4, 0.5) is 14.0 Å². The molecule has 5 rings (SSSR count). The van der Waals surface area contributed by atoms with E-state index in [0.29, 0.717) is 56.9 Å². The van der Waals surface area contributed by atoms with Crippen LogP contribution in [0.5, 0.6) is 5.75 Å². The molecule has 4 heterocycles. The Balaban J connectivity index is 1.31. The van der Waals surface area contributed by atoms with E-state index in [2.05, 4.69) is 15.2 Å². The Labute approximate surface area is 226 Å². The van der Waals surface area contributed by atoms with Crippen molar-refractivity contribution in [2.24, 2.45) is 0 Å². The van der Waals surface area contributed by atoms with Crippen molar-refractivity contribution in [1.82, 2.24) is 29.9 Å². The number of fused-ring (bicyclic) bond motifs is 3. The maximum atomic E-state index is 13.9. The van der Waals surface area contributed by atoms with E-state index in [1.165, 1.54) is 12.1 Å². The van der Waals surface area contributed by atoms with Gasteiger partial charge in [0.15, 0.2) is 17.2 Å². The number of aromatic nitrogens is 3. The number of para-hydroxylation sites is 1. The molecule has 0 aliphatic carbocycles. The van der Waals surface area contributed by atoms with Gasteiger partial charge in [0.1, 0.15) is 5.60 Å². The molecule has 1 aromatic carbocycles. The lowest BCUT2D eigenvalue weighted by atomic mass is 9.99. The van der Waals surface area contributed by atoms with Crippen molar-refractivity contribution in [2.45, 2.75) is 58.6 Å². The van der Waals surface area contributed by atoms with Gasteiger partial charge in [0.05, 0.1) is 11.2 Å². The summed E-state index contributed by atoms with van der Waals surface area (Å²) in [5.41, 5.74) is 2.17. The number of nitrogens with zero attached hydrogens (tertiary/aromatic N) is 5. The maximum Gasteiger partial charge on any atom is 0.410 e. The summed E-state index contributed by atoms with van der Waals surface area (Å²) in [7, 11) is 0. The summed E-state index contributed by atoms with van der Waals surface area (Å²) in [6, 6.07) is 6.07. The fourth-order valence-electron chi connectivity index (χ4n) is 5.41. The Morgan fingerprint density at radius 1 is 1.08 bits per heavy atom. The number of hydrogen-bond donors (Lipinski definition) is 2. The second-order valence-electron chi connectivity index (χ2n) is 11.8. The molecule has 0 atom stereocenters. The molecule has 2 aliphatic rings. The first-order valence-corrected chi connectivity index (χ1v) is 13.2. The van der Waals surface area contributed by atoms with Gasteiger partial charge in [-0.3, -0.25) is 0 Å². The van der Waals surface area contributed by atoms with E-state index < -0.39 is 22.7 Å². The van der Waals surface area contributed by atoms with E-state index in [1.54, 1.807) is 11.0 Å². The zero-order chi connectivity index (χ0) is 28.1. The number of halogens is 1. The quantitative estimate of drug-likeness (QED) is 0.477. The molecule has 0 bridgehead atoms. The molecule has 1 saturated heterocycles. The van der Waals surface area contributed by atoms with Crippen LogP contribution < -0.4 is 0 Å². The maximum absolute atomic E-state index is 13.9. The summed E-state index contributed by atoms with van der Waals surface area (Å²) in [6.45, 7) is 11.7. The van der Waals surface area contributed by atoms with Crippen molar-refractivity contribution in [1.29, 1.82) is 0 Å². The van der Waals surface area contributed by atoms with Gasteiger partial charge < -0.3 is 29.5 Å². The van der Waals surface area contributed by atoms with Crippen LogP contribution in [0.15, 0.2) is 24.3 Å². The van der Waals surface area contributed by atoms with Crippen LogP contribution >= 0.6 is 0 Å². The highest BCUT2D eigenvalue weighted by Gasteiger charge is 2.41. The number of amides is 3. The lowest BCUT2D eigenvalue weighted by molar-refractivity contribution is -0.00807. The molecule has 0 radical (unpaired) electrons. The number of carbonyl (C=O) groups excluding carboxylic acids is 2. The Hall–Kier alpha value is -3.89. The number of phenols is 1. The van der Waals surface area contributed by atoms with E-state index in [4.69, 9.17) is 4.74 Å².